The Morgan fingerprint density at radius 2 is 2.06 bits per heavy atom. The second-order valence-electron chi connectivity index (χ2n) is 8.63. The molecule has 0 spiro atoms. The molecule has 0 aliphatic carbocycles. The number of aryl methyl sites for hydroxylation is 1. The van der Waals surface area contributed by atoms with Crippen LogP contribution in [0.5, 0.6) is 0 Å². The lowest BCUT2D eigenvalue weighted by molar-refractivity contribution is -0.0323. The highest BCUT2D eigenvalue weighted by Crippen LogP contribution is 2.35. The van der Waals surface area contributed by atoms with Gasteiger partial charge in [-0.15, -0.1) is 5.10 Å². The first-order valence-corrected chi connectivity index (χ1v) is 12.0. The van der Waals surface area contributed by atoms with Gasteiger partial charge < -0.3 is 19.6 Å². The molecule has 188 valence electrons. The van der Waals surface area contributed by atoms with Crippen LogP contribution >= 0.6 is 15.9 Å². The fourth-order valence-electron chi connectivity index (χ4n) is 4.27. The minimum atomic E-state index is -0.673. The topological polar surface area (TPSA) is 157 Å². The third-order valence-corrected chi connectivity index (χ3v) is 6.62. The molecule has 3 N–H and O–H groups in total. The van der Waals surface area contributed by atoms with E-state index in [-0.39, 0.29) is 19.2 Å². The maximum absolute atomic E-state index is 12.3. The molecule has 0 bridgehead atoms. The van der Waals surface area contributed by atoms with E-state index in [0.717, 1.165) is 9.86 Å². The van der Waals surface area contributed by atoms with E-state index in [4.69, 9.17) is 9.15 Å². The number of rotatable bonds is 7. The zero-order chi connectivity index (χ0) is 25.4. The largest absolute Gasteiger partial charge is 0.422 e. The van der Waals surface area contributed by atoms with Crippen LogP contribution in [-0.4, -0.2) is 42.4 Å². The molecule has 5 rings (SSSR count). The second-order valence-corrected chi connectivity index (χ2v) is 9.54. The Morgan fingerprint density at radius 3 is 2.86 bits per heavy atom. The van der Waals surface area contributed by atoms with Crippen molar-refractivity contribution in [3.8, 4) is 0 Å². The van der Waals surface area contributed by atoms with Crippen LogP contribution in [-0.2, 0) is 17.8 Å². The lowest BCUT2D eigenvalue weighted by Gasteiger charge is -2.15. The molecule has 36 heavy (non-hydrogen) atoms. The molecular weight excluding hydrogens is 536 g/mol. The van der Waals surface area contributed by atoms with Crippen molar-refractivity contribution in [1.29, 1.82) is 0 Å². The van der Waals surface area contributed by atoms with Gasteiger partial charge in [-0.2, -0.15) is 0 Å². The summed E-state index contributed by atoms with van der Waals surface area (Å²) < 4.78 is 15.1. The van der Waals surface area contributed by atoms with E-state index in [0.29, 0.717) is 35.4 Å². The maximum atomic E-state index is 12.3. The number of fused-ring (bicyclic) bond motifs is 1. The van der Waals surface area contributed by atoms with Gasteiger partial charge in [-0.25, -0.2) is 14.3 Å². The number of halogens is 1. The van der Waals surface area contributed by atoms with Crippen LogP contribution in [0.2, 0.25) is 0 Å². The molecule has 1 aromatic carbocycles. The van der Waals surface area contributed by atoms with E-state index in [1.54, 1.807) is 29.9 Å². The number of H-pyrrole nitrogens is 1. The second kappa shape index (κ2) is 9.93. The Kier molecular flexibility index (Phi) is 6.71. The summed E-state index contributed by atoms with van der Waals surface area (Å²) >= 11 is 3.42. The lowest BCUT2D eigenvalue weighted by Crippen LogP contribution is -2.33. The summed E-state index contributed by atoms with van der Waals surface area (Å²) in [6, 6.07) is 6.85. The summed E-state index contributed by atoms with van der Waals surface area (Å²) in [7, 11) is 0. The minimum absolute atomic E-state index is 0.278. The molecule has 3 atom stereocenters. The monoisotopic (exact) mass is 558 g/mol. The van der Waals surface area contributed by atoms with Crippen molar-refractivity contribution in [3.05, 3.63) is 89.2 Å². The Hall–Kier alpha value is -3.39. The van der Waals surface area contributed by atoms with E-state index in [1.807, 2.05) is 12.1 Å². The van der Waals surface area contributed by atoms with Crippen molar-refractivity contribution in [2.24, 2.45) is 0 Å². The molecule has 1 saturated heterocycles. The number of aliphatic hydroxyl groups excluding tert-OH is 1. The highest BCUT2D eigenvalue weighted by molar-refractivity contribution is 9.10. The molecule has 12 nitrogen and oxygen atoms in total. The highest BCUT2D eigenvalue weighted by atomic mass is 79.9. The van der Waals surface area contributed by atoms with Crippen LogP contribution in [0.1, 0.15) is 35.5 Å². The summed E-state index contributed by atoms with van der Waals surface area (Å²) in [5.74, 6) is 0. The number of nitrogens with zero attached hydrogens (tertiary/aromatic N) is 4. The van der Waals surface area contributed by atoms with Gasteiger partial charge in [0.2, 0.25) is 0 Å². The lowest BCUT2D eigenvalue weighted by atomic mass is 10.1. The van der Waals surface area contributed by atoms with Crippen molar-refractivity contribution in [2.45, 2.75) is 44.8 Å². The molecule has 4 aromatic rings. The molecule has 3 aromatic heterocycles. The highest BCUT2D eigenvalue weighted by Gasteiger charge is 2.38. The summed E-state index contributed by atoms with van der Waals surface area (Å²) in [5.41, 5.74) is 0.569. The van der Waals surface area contributed by atoms with Crippen molar-refractivity contribution >= 4 is 26.9 Å². The normalized spacial score (nSPS) is 19.8. The van der Waals surface area contributed by atoms with Gasteiger partial charge in [0.25, 0.3) is 5.56 Å². The van der Waals surface area contributed by atoms with Gasteiger partial charge >= 0.3 is 11.3 Å². The number of nitrogens with one attached hydrogen (secondary N) is 2. The first-order chi connectivity index (χ1) is 17.3. The minimum Gasteiger partial charge on any atom is -0.422 e. The van der Waals surface area contributed by atoms with Crippen LogP contribution in [0.15, 0.2) is 59.9 Å². The van der Waals surface area contributed by atoms with Gasteiger partial charge in [-0.3, -0.25) is 14.3 Å². The molecule has 4 heterocycles. The Bertz CT molecular complexity index is 1590. The summed E-state index contributed by atoms with van der Waals surface area (Å²) in [4.78, 5) is 38.5. The SMILES string of the molecule is Cc1cn([C@H]2C[C@H](n3cc(CNCc4cc5cc(Br)ccc5oc4=O)nn3)[C@@H](CO)O2)c(=O)[nH]c1=O. The number of aliphatic hydroxyl groups is 1. The molecule has 1 aliphatic rings. The average molecular weight is 559 g/mol. The average Bonchev–Trinajstić information content (AvgIpc) is 3.49. The van der Waals surface area contributed by atoms with E-state index < -0.39 is 29.2 Å². The zero-order valence-corrected chi connectivity index (χ0v) is 20.8. The molecule has 1 fully saturated rings. The van der Waals surface area contributed by atoms with Crippen LogP contribution < -0.4 is 22.2 Å². The molecule has 13 heteroatoms. The zero-order valence-electron chi connectivity index (χ0n) is 19.2. The fourth-order valence-corrected chi connectivity index (χ4v) is 4.65. The van der Waals surface area contributed by atoms with E-state index in [1.165, 1.54) is 10.8 Å². The van der Waals surface area contributed by atoms with Gasteiger partial charge in [0.15, 0.2) is 0 Å². The summed E-state index contributed by atoms with van der Waals surface area (Å²) in [5, 5.41) is 22.2. The summed E-state index contributed by atoms with van der Waals surface area (Å²) in [6.07, 6.45) is 2.24. The molecule has 0 unspecified atom stereocenters. The molecule has 0 saturated carbocycles. The third kappa shape index (κ3) is 4.82. The first kappa shape index (κ1) is 24.3. The number of benzene rings is 1. The first-order valence-electron chi connectivity index (χ1n) is 11.2. The van der Waals surface area contributed by atoms with Crippen molar-refractivity contribution in [1.82, 2.24) is 29.9 Å². The smallest absolute Gasteiger partial charge is 0.340 e. The van der Waals surface area contributed by atoms with Crippen LogP contribution in [0.3, 0.4) is 0 Å². The van der Waals surface area contributed by atoms with Crippen LogP contribution in [0.25, 0.3) is 11.0 Å². The standard InChI is InChI=1S/C23H23BrN6O6/c1-12-9-29(23(34)26-21(12)32)20-6-17(19(11-31)35-20)30-10-16(27-28-30)8-25-7-14-4-13-5-15(24)2-3-18(13)36-22(14)33/h2-5,9-10,17,19-20,25,31H,6-8,11H2,1H3,(H,26,32,34)/t17-,19+,20+/m0/s1. The number of hydrogen-bond acceptors (Lipinski definition) is 9. The van der Waals surface area contributed by atoms with Gasteiger partial charge in [0.05, 0.1) is 30.1 Å². The van der Waals surface area contributed by atoms with Crippen molar-refractivity contribution < 1.29 is 14.3 Å². The predicted octanol–water partition coefficient (Wildman–Crippen LogP) is 1.12. The van der Waals surface area contributed by atoms with E-state index in [9.17, 15) is 19.5 Å². The Morgan fingerprint density at radius 1 is 1.22 bits per heavy atom. The van der Waals surface area contributed by atoms with E-state index >= 15 is 0 Å². The quantitative estimate of drug-likeness (QED) is 0.282. The molecule has 1 aliphatic heterocycles. The van der Waals surface area contributed by atoms with Gasteiger partial charge in [-0.1, -0.05) is 21.1 Å². The molecule has 0 radical (unpaired) electrons. The number of aromatic nitrogens is 5. The molecular formula is C23H23BrN6O6. The maximum Gasteiger partial charge on any atom is 0.340 e. The number of ether oxygens (including phenoxy) is 1. The third-order valence-electron chi connectivity index (χ3n) is 6.13. The van der Waals surface area contributed by atoms with Gasteiger partial charge in [0.1, 0.15) is 17.9 Å². The van der Waals surface area contributed by atoms with Crippen LogP contribution in [0, 0.1) is 6.92 Å². The Balaban J connectivity index is 1.26. The Labute approximate surface area is 211 Å². The number of hydrogen-bond donors (Lipinski definition) is 3. The number of aromatic amines is 1. The van der Waals surface area contributed by atoms with Crippen molar-refractivity contribution in [2.75, 3.05) is 6.61 Å². The fraction of sp³-hybridized carbons (Fsp3) is 0.348. The van der Waals surface area contributed by atoms with Crippen molar-refractivity contribution in [3.63, 3.8) is 0 Å². The summed E-state index contributed by atoms with van der Waals surface area (Å²) in [6.45, 7) is 1.94. The molecule has 0 amide bonds. The van der Waals surface area contributed by atoms with Crippen LogP contribution in [0.4, 0.5) is 0 Å². The van der Waals surface area contributed by atoms with Gasteiger partial charge in [-0.05, 0) is 31.2 Å². The van der Waals surface area contributed by atoms with Gasteiger partial charge in [0, 0.05) is 41.1 Å². The predicted molar refractivity (Wildman–Crippen MR) is 131 cm³/mol. The van der Waals surface area contributed by atoms with E-state index in [2.05, 4.69) is 36.5 Å².